The lowest BCUT2D eigenvalue weighted by atomic mass is 10.2. The van der Waals surface area contributed by atoms with Crippen molar-refractivity contribution in [3.05, 3.63) is 41.2 Å². The van der Waals surface area contributed by atoms with Crippen molar-refractivity contribution < 1.29 is 4.79 Å². The van der Waals surface area contributed by atoms with Gasteiger partial charge >= 0.3 is 0 Å². The molecule has 3 rings (SSSR count). The highest BCUT2D eigenvalue weighted by atomic mass is 32.1. The van der Waals surface area contributed by atoms with Crippen LogP contribution in [0.4, 0.5) is 5.69 Å². The average Bonchev–Trinajstić information content (AvgIpc) is 3.01. The molecular weight excluding hydrogens is 274 g/mol. The molecular formula is C13H13N5OS. The smallest absolute Gasteiger partial charge is 0.263 e. The molecule has 0 aromatic carbocycles. The van der Waals surface area contributed by atoms with Crippen LogP contribution in [0.3, 0.4) is 0 Å². The minimum Gasteiger partial charge on any atom is -0.397 e. The van der Waals surface area contributed by atoms with Crippen molar-refractivity contribution in [3.63, 3.8) is 0 Å². The Balaban J connectivity index is 1.80. The maximum absolute atomic E-state index is 12.2. The minimum atomic E-state index is -0.198. The van der Waals surface area contributed by atoms with E-state index in [1.54, 1.807) is 16.9 Å². The summed E-state index contributed by atoms with van der Waals surface area (Å²) in [7, 11) is 1.83. The molecule has 0 radical (unpaired) electrons. The Kier molecular flexibility index (Phi) is 3.11. The number of carbonyl (C=O) groups excluding carboxylic acids is 1. The largest absolute Gasteiger partial charge is 0.397 e. The van der Waals surface area contributed by atoms with Crippen molar-refractivity contribution in [2.75, 3.05) is 5.73 Å². The molecule has 0 atom stereocenters. The molecule has 1 amide bonds. The van der Waals surface area contributed by atoms with Crippen molar-refractivity contribution >= 4 is 33.1 Å². The first-order valence-electron chi connectivity index (χ1n) is 6.05. The zero-order chi connectivity index (χ0) is 14.1. The van der Waals surface area contributed by atoms with Crippen LogP contribution < -0.4 is 11.1 Å². The highest BCUT2D eigenvalue weighted by molar-refractivity contribution is 7.21. The van der Waals surface area contributed by atoms with Crippen molar-refractivity contribution in [1.82, 2.24) is 20.1 Å². The monoisotopic (exact) mass is 287 g/mol. The Morgan fingerprint density at radius 1 is 1.50 bits per heavy atom. The number of pyridine rings is 1. The number of hydrogen-bond donors (Lipinski definition) is 2. The van der Waals surface area contributed by atoms with E-state index in [-0.39, 0.29) is 5.91 Å². The van der Waals surface area contributed by atoms with Crippen LogP contribution in [0.25, 0.3) is 10.2 Å². The summed E-state index contributed by atoms with van der Waals surface area (Å²) in [5, 5.41) is 7.84. The SMILES string of the molecule is Cn1ccc(CNC(=O)c2sc3ncccc3c2N)n1. The molecule has 3 heterocycles. The van der Waals surface area contributed by atoms with E-state index in [1.807, 2.05) is 25.4 Å². The molecule has 20 heavy (non-hydrogen) atoms. The summed E-state index contributed by atoms with van der Waals surface area (Å²) in [4.78, 5) is 17.6. The van der Waals surface area contributed by atoms with Crippen LogP contribution in [-0.2, 0) is 13.6 Å². The van der Waals surface area contributed by atoms with Gasteiger partial charge in [0.1, 0.15) is 9.71 Å². The van der Waals surface area contributed by atoms with E-state index in [9.17, 15) is 4.79 Å². The van der Waals surface area contributed by atoms with Gasteiger partial charge in [-0.25, -0.2) is 4.98 Å². The molecule has 0 spiro atoms. The number of nitrogens with zero attached hydrogens (tertiary/aromatic N) is 3. The number of anilines is 1. The molecule has 0 saturated heterocycles. The van der Waals surface area contributed by atoms with E-state index in [4.69, 9.17) is 5.73 Å². The fourth-order valence-electron chi connectivity index (χ4n) is 1.93. The number of fused-ring (bicyclic) bond motifs is 1. The van der Waals surface area contributed by atoms with Gasteiger partial charge < -0.3 is 11.1 Å². The Labute approximate surface area is 119 Å². The lowest BCUT2D eigenvalue weighted by Gasteiger charge is -2.01. The van der Waals surface area contributed by atoms with Crippen LogP contribution in [0.15, 0.2) is 30.6 Å². The van der Waals surface area contributed by atoms with Crippen LogP contribution >= 0.6 is 11.3 Å². The maximum Gasteiger partial charge on any atom is 0.263 e. The molecule has 0 bridgehead atoms. The Bertz CT molecular complexity index is 776. The van der Waals surface area contributed by atoms with E-state index < -0.39 is 0 Å². The van der Waals surface area contributed by atoms with Gasteiger partial charge in [-0.3, -0.25) is 9.48 Å². The number of rotatable bonds is 3. The van der Waals surface area contributed by atoms with Gasteiger partial charge in [0.25, 0.3) is 5.91 Å². The molecule has 0 unspecified atom stereocenters. The van der Waals surface area contributed by atoms with Crippen LogP contribution in [0.5, 0.6) is 0 Å². The van der Waals surface area contributed by atoms with Gasteiger partial charge in [-0.15, -0.1) is 11.3 Å². The molecule has 0 aliphatic heterocycles. The third-order valence-electron chi connectivity index (χ3n) is 2.91. The fraction of sp³-hybridized carbons (Fsp3) is 0.154. The summed E-state index contributed by atoms with van der Waals surface area (Å²) in [5.41, 5.74) is 7.29. The number of nitrogen functional groups attached to an aromatic ring is 1. The number of nitrogens with two attached hydrogens (primary N) is 1. The average molecular weight is 287 g/mol. The topological polar surface area (TPSA) is 85.8 Å². The molecule has 102 valence electrons. The second-order valence-corrected chi connectivity index (χ2v) is 5.36. The summed E-state index contributed by atoms with van der Waals surface area (Å²) < 4.78 is 1.69. The number of carbonyl (C=O) groups is 1. The van der Waals surface area contributed by atoms with E-state index in [2.05, 4.69) is 15.4 Å². The van der Waals surface area contributed by atoms with Crippen LogP contribution in [0.1, 0.15) is 15.4 Å². The van der Waals surface area contributed by atoms with E-state index in [1.165, 1.54) is 11.3 Å². The molecule has 3 N–H and O–H groups in total. The first kappa shape index (κ1) is 12.6. The molecule has 3 aromatic rings. The van der Waals surface area contributed by atoms with Gasteiger partial charge in [0.2, 0.25) is 0 Å². The van der Waals surface area contributed by atoms with Gasteiger partial charge in [-0.05, 0) is 18.2 Å². The number of hydrogen-bond acceptors (Lipinski definition) is 5. The zero-order valence-electron chi connectivity index (χ0n) is 10.8. The highest BCUT2D eigenvalue weighted by Crippen LogP contribution is 2.31. The Morgan fingerprint density at radius 3 is 3.05 bits per heavy atom. The third kappa shape index (κ3) is 2.23. The van der Waals surface area contributed by atoms with E-state index in [0.717, 1.165) is 15.9 Å². The fourth-order valence-corrected chi connectivity index (χ4v) is 2.91. The van der Waals surface area contributed by atoms with E-state index in [0.29, 0.717) is 17.1 Å². The number of nitrogens with one attached hydrogen (secondary N) is 1. The number of amides is 1. The number of aryl methyl sites for hydroxylation is 1. The first-order valence-corrected chi connectivity index (χ1v) is 6.86. The summed E-state index contributed by atoms with van der Waals surface area (Å²) in [6.45, 7) is 0.376. The van der Waals surface area contributed by atoms with E-state index >= 15 is 0 Å². The van der Waals surface area contributed by atoms with Crippen molar-refractivity contribution in [2.45, 2.75) is 6.54 Å². The lowest BCUT2D eigenvalue weighted by Crippen LogP contribution is -2.23. The molecule has 6 nitrogen and oxygen atoms in total. The van der Waals surface area contributed by atoms with Crippen LogP contribution in [0, 0.1) is 0 Å². The summed E-state index contributed by atoms with van der Waals surface area (Å²) in [5.74, 6) is -0.198. The third-order valence-corrected chi connectivity index (χ3v) is 4.04. The predicted molar refractivity (Wildman–Crippen MR) is 78.4 cm³/mol. The second kappa shape index (κ2) is 4.93. The van der Waals surface area contributed by atoms with Crippen LogP contribution in [0.2, 0.25) is 0 Å². The van der Waals surface area contributed by atoms with Crippen molar-refractivity contribution in [2.24, 2.45) is 7.05 Å². The Morgan fingerprint density at radius 2 is 2.35 bits per heavy atom. The zero-order valence-corrected chi connectivity index (χ0v) is 11.6. The van der Waals surface area contributed by atoms with Gasteiger partial charge in [-0.2, -0.15) is 5.10 Å². The molecule has 0 saturated carbocycles. The van der Waals surface area contributed by atoms with Crippen LogP contribution in [-0.4, -0.2) is 20.7 Å². The Hall–Kier alpha value is -2.41. The second-order valence-electron chi connectivity index (χ2n) is 4.36. The molecule has 0 aliphatic carbocycles. The van der Waals surface area contributed by atoms with Gasteiger partial charge in [0.15, 0.2) is 0 Å². The quantitative estimate of drug-likeness (QED) is 0.765. The van der Waals surface area contributed by atoms with Gasteiger partial charge in [-0.1, -0.05) is 0 Å². The molecule has 7 heteroatoms. The summed E-state index contributed by atoms with van der Waals surface area (Å²) in [6.07, 6.45) is 3.52. The highest BCUT2D eigenvalue weighted by Gasteiger charge is 2.16. The molecule has 3 aromatic heterocycles. The first-order chi connectivity index (χ1) is 9.65. The van der Waals surface area contributed by atoms with Crippen molar-refractivity contribution in [1.29, 1.82) is 0 Å². The number of thiophene rings is 1. The summed E-state index contributed by atoms with van der Waals surface area (Å²) in [6, 6.07) is 5.53. The number of aromatic nitrogens is 3. The van der Waals surface area contributed by atoms with Gasteiger partial charge in [0.05, 0.1) is 17.9 Å². The summed E-state index contributed by atoms with van der Waals surface area (Å²) >= 11 is 1.30. The minimum absolute atomic E-state index is 0.198. The van der Waals surface area contributed by atoms with Crippen molar-refractivity contribution in [3.8, 4) is 0 Å². The molecule has 0 aliphatic rings. The maximum atomic E-state index is 12.2. The molecule has 0 fully saturated rings. The predicted octanol–water partition coefficient (Wildman–Crippen LogP) is 1.54. The lowest BCUT2D eigenvalue weighted by molar-refractivity contribution is 0.0955. The standard InChI is InChI=1S/C13H13N5OS/c1-18-6-4-8(17-18)7-16-12(19)11-10(14)9-3-2-5-15-13(9)20-11/h2-6H,7,14H2,1H3,(H,16,19). The normalized spacial score (nSPS) is 10.8. The van der Waals surface area contributed by atoms with Gasteiger partial charge in [0, 0.05) is 24.8 Å².